The van der Waals surface area contributed by atoms with Crippen LogP contribution in [0.1, 0.15) is 119 Å². The number of ketones is 1. The molecule has 616 valence electrons. The lowest BCUT2D eigenvalue weighted by atomic mass is 9.83. The second-order valence-corrected chi connectivity index (χ2v) is 26.4. The zero-order valence-corrected chi connectivity index (χ0v) is 62.2. The highest BCUT2D eigenvalue weighted by Crippen LogP contribution is 2.55. The lowest BCUT2D eigenvalue weighted by molar-refractivity contribution is -0.244. The van der Waals surface area contributed by atoms with Crippen LogP contribution in [0.4, 0.5) is 0 Å². The number of carbonyl (C=O) groups excluding carboxylic acids is 4. The van der Waals surface area contributed by atoms with E-state index >= 15 is 0 Å². The first-order valence-electron chi connectivity index (χ1n) is 34.4. The topological polar surface area (TPSA) is 640 Å². The molecule has 8 aromatic rings. The van der Waals surface area contributed by atoms with Gasteiger partial charge in [-0.3, -0.25) is 14.4 Å². The Hall–Kier alpha value is -11.7. The molecule has 11 rings (SSSR count). The van der Waals surface area contributed by atoms with Crippen molar-refractivity contribution in [3.05, 3.63) is 135 Å². The van der Waals surface area contributed by atoms with Crippen molar-refractivity contribution in [2.45, 2.75) is 134 Å². The highest BCUT2D eigenvalue weighted by molar-refractivity contribution is 6.14. The Labute approximate surface area is 644 Å². The number of aliphatic hydroxyl groups excluding tert-OH is 10. The number of rotatable bonds is 16. The van der Waals surface area contributed by atoms with Gasteiger partial charge in [0, 0.05) is 58.0 Å². The fourth-order valence-electron chi connectivity index (χ4n) is 11.9. The molecule has 0 bridgehead atoms. The lowest BCUT2D eigenvalue weighted by Crippen LogP contribution is -2.60. The Bertz CT molecular complexity index is 4500. The number of hydrogen-bond acceptors (Lipinski definition) is 35. The normalized spacial score (nSPS) is 19.5. The fraction of sp³-hybridized carbons (Fsp3) is 0.359. The van der Waals surface area contributed by atoms with E-state index in [0.717, 1.165) is 18.2 Å². The molecular weight excluding hydrogens is 1500 g/mol. The molecule has 35 nitrogen and oxygen atoms in total. The number of allylic oxidation sites excluding steroid dienone is 2. The number of carbonyl (C=O) groups is 4. The van der Waals surface area contributed by atoms with Crippen molar-refractivity contribution in [3.63, 3.8) is 0 Å². The first-order valence-corrected chi connectivity index (χ1v) is 34.4. The Morgan fingerprint density at radius 1 is 0.522 bits per heavy atom. The molecule has 9 unspecified atom stereocenters. The summed E-state index contributed by atoms with van der Waals surface area (Å²) in [7, 11) is 1.45. The summed E-state index contributed by atoms with van der Waals surface area (Å²) in [6, 6.07) is 18.8. The number of benzene rings is 8. The number of ether oxygens (including phenoxy) is 5. The predicted octanol–water partition coefficient (Wildman–Crippen LogP) is 6.13. The fourth-order valence-corrected chi connectivity index (χ4v) is 11.9. The summed E-state index contributed by atoms with van der Waals surface area (Å²) >= 11 is 0. The standard InChI is InChI=1S/C30H30O8.C14H26O11.C10H12O5.C7H8O3.C6H6O3.C6H6O2.C5H6O3/c1-11(2)19-15-7-13(5)21(27(35)23(15)17(9-31)25(33)29(19)37)22-14(6)8-16-20(12(3)4)30(38)26(34)18(10-32)24(16)28(22)36;15-1-6-9(18)12(21)10(19)8(24-6)3-23-5-14(4-17)13(22)11(20)7(2-16)25-14;1-2-3-15-10(14)6-4-7(11)9(13)8(12)5-6;1-10-7-3-2-5(8)4-6(7)9;7-4-1-2-5(8)6(9)3-4;7-5-1-2-6(8)4-3-5;6-3-1-2-4(7)5(3)8/h7-12,33-38H,1-6H3;6-13,15-22H,1-5H2;4-5,11-13H,2-3H2,1H3;2-4,8-9H,1H3;1-3,7-9H;1-4,7-8H;6,8H,1-2H2. The number of esters is 1. The predicted molar refractivity (Wildman–Crippen MR) is 400 cm³/mol. The molecule has 2 saturated heterocycles. The molecule has 8 aromatic carbocycles. The van der Waals surface area contributed by atoms with Gasteiger partial charge in [-0.25, -0.2) is 4.79 Å². The third-order valence-electron chi connectivity index (χ3n) is 17.8. The largest absolute Gasteiger partial charge is 0.508 e. The lowest BCUT2D eigenvalue weighted by Gasteiger charge is -2.40. The summed E-state index contributed by atoms with van der Waals surface area (Å²) < 4.78 is 25.4. The van der Waals surface area contributed by atoms with Crippen molar-refractivity contribution in [1.29, 1.82) is 0 Å². The van der Waals surface area contributed by atoms with Gasteiger partial charge in [-0.05, 0) is 115 Å². The third-order valence-corrected chi connectivity index (χ3v) is 17.8. The van der Waals surface area contributed by atoms with Crippen molar-refractivity contribution >= 4 is 45.9 Å². The van der Waals surface area contributed by atoms with E-state index in [4.69, 9.17) is 95.2 Å². The second-order valence-electron chi connectivity index (χ2n) is 26.4. The van der Waals surface area contributed by atoms with Crippen LogP contribution in [0.3, 0.4) is 0 Å². The zero-order chi connectivity index (χ0) is 85.1. The van der Waals surface area contributed by atoms with Gasteiger partial charge in [-0.2, -0.15) is 0 Å². The summed E-state index contributed by atoms with van der Waals surface area (Å²) in [4.78, 5) is 45.6. The molecule has 26 N–H and O–H groups in total. The maximum Gasteiger partial charge on any atom is 0.338 e. The van der Waals surface area contributed by atoms with Crippen LogP contribution in [-0.2, 0) is 23.7 Å². The second kappa shape index (κ2) is 40.5. The highest BCUT2D eigenvalue weighted by atomic mass is 16.6. The van der Waals surface area contributed by atoms with Gasteiger partial charge in [0.1, 0.15) is 94.7 Å². The number of aliphatic hydroxyl groups is 10. The van der Waals surface area contributed by atoms with Crippen LogP contribution < -0.4 is 4.74 Å². The first-order chi connectivity index (χ1) is 53.1. The molecule has 113 heavy (non-hydrogen) atoms. The molecule has 2 fully saturated rings. The van der Waals surface area contributed by atoms with E-state index in [0.29, 0.717) is 64.2 Å². The van der Waals surface area contributed by atoms with Gasteiger partial charge in [0.15, 0.2) is 81.6 Å². The Balaban J connectivity index is 0.000000260. The average Bonchev–Trinajstić information content (AvgIpc) is 1.41. The Morgan fingerprint density at radius 2 is 0.973 bits per heavy atom. The van der Waals surface area contributed by atoms with Gasteiger partial charge >= 0.3 is 5.97 Å². The zero-order valence-electron chi connectivity index (χ0n) is 62.2. The minimum Gasteiger partial charge on any atom is -0.508 e. The minimum atomic E-state index is -1.67. The third kappa shape index (κ3) is 21.5. The Morgan fingerprint density at radius 3 is 1.34 bits per heavy atom. The van der Waals surface area contributed by atoms with Crippen LogP contribution in [0.15, 0.2) is 96.4 Å². The van der Waals surface area contributed by atoms with Crippen molar-refractivity contribution in [2.24, 2.45) is 0 Å². The van der Waals surface area contributed by atoms with Gasteiger partial charge in [0.2, 0.25) is 5.78 Å². The molecular formula is C78H94O35. The van der Waals surface area contributed by atoms with Gasteiger partial charge in [-0.15, -0.1) is 0 Å². The smallest absolute Gasteiger partial charge is 0.338 e. The Kier molecular flexibility index (Phi) is 32.9. The van der Waals surface area contributed by atoms with Crippen molar-refractivity contribution < 1.29 is 176 Å². The maximum absolute atomic E-state index is 12.0. The molecule has 9 atom stereocenters. The number of hydrogen-bond donors (Lipinski definition) is 26. The van der Waals surface area contributed by atoms with E-state index in [1.54, 1.807) is 53.7 Å². The summed E-state index contributed by atoms with van der Waals surface area (Å²) in [5, 5.41) is 249. The molecule has 3 aliphatic rings. The van der Waals surface area contributed by atoms with E-state index in [1.165, 1.54) is 61.7 Å². The average molecular weight is 1590 g/mol. The number of aromatic hydroxyl groups is 16. The SMILES string of the molecule is CCCOC(=O)c1cc(O)c(O)c(O)c1.COc1ccc(O)cc1O.Cc1cc2c(C(C)C)c(O)c(O)c(C=O)c2c(O)c1-c1c(C)cc2c(C(C)C)c(O)c(O)c(C=O)c2c1O.O=C1CCC(O)=C1O.OCC1OC(COCC2(CO)OC(CO)C(O)C2O)C(O)C(O)C1O.Oc1ccc(O)c(O)c1.Oc1ccc(O)cc1. The maximum atomic E-state index is 12.0. The molecule has 0 amide bonds. The van der Waals surface area contributed by atoms with Crippen LogP contribution in [0, 0.1) is 13.8 Å². The molecule has 0 saturated carbocycles. The van der Waals surface area contributed by atoms with Crippen molar-refractivity contribution in [1.82, 2.24) is 0 Å². The van der Waals surface area contributed by atoms with Crippen molar-refractivity contribution in [2.75, 3.05) is 46.8 Å². The van der Waals surface area contributed by atoms with E-state index < -0.39 is 144 Å². The van der Waals surface area contributed by atoms with E-state index in [9.17, 15) is 80.5 Å². The number of Topliss-reactive ketones (excluding diaryl/α,β-unsaturated/α-hetero) is 1. The number of aryl methyl sites for hydroxylation is 2. The number of fused-ring (bicyclic) bond motifs is 2. The molecule has 0 radical (unpaired) electrons. The summed E-state index contributed by atoms with van der Waals surface area (Å²) in [5.74, 6) is -6.91. The molecule has 0 aromatic heterocycles. The van der Waals surface area contributed by atoms with E-state index in [2.05, 4.69) is 0 Å². The number of aldehydes is 2. The minimum absolute atomic E-state index is 0.00347. The molecule has 1 aliphatic carbocycles. The summed E-state index contributed by atoms with van der Waals surface area (Å²) in [6.45, 7) is 10.1. The van der Waals surface area contributed by atoms with E-state index in [-0.39, 0.29) is 122 Å². The van der Waals surface area contributed by atoms with Gasteiger partial charge in [-0.1, -0.05) is 46.8 Å². The van der Waals surface area contributed by atoms with Crippen LogP contribution in [0.2, 0.25) is 0 Å². The van der Waals surface area contributed by atoms with Crippen LogP contribution in [0.5, 0.6) is 97.7 Å². The van der Waals surface area contributed by atoms with Gasteiger partial charge < -0.3 is 156 Å². The monoisotopic (exact) mass is 1590 g/mol. The summed E-state index contributed by atoms with van der Waals surface area (Å²) in [5.41, 5.74) is -0.338. The molecule has 2 heterocycles. The van der Waals surface area contributed by atoms with Crippen LogP contribution >= 0.6 is 0 Å². The summed E-state index contributed by atoms with van der Waals surface area (Å²) in [6.07, 6.45) is -8.76. The molecule has 35 heteroatoms. The van der Waals surface area contributed by atoms with Crippen LogP contribution in [0.25, 0.3) is 32.7 Å². The van der Waals surface area contributed by atoms with Gasteiger partial charge in [0.25, 0.3) is 0 Å². The van der Waals surface area contributed by atoms with E-state index in [1.807, 2.05) is 6.92 Å². The number of phenols is 16. The van der Waals surface area contributed by atoms with Crippen molar-refractivity contribution in [3.8, 4) is 109 Å². The number of methoxy groups -OCH3 is 1. The molecule has 0 spiro atoms. The number of phenolic OH excluding ortho intramolecular Hbond substituents is 16. The van der Waals surface area contributed by atoms with Gasteiger partial charge in [0.05, 0.1) is 63.4 Å². The first kappa shape index (κ1) is 91.9. The highest BCUT2D eigenvalue weighted by Gasteiger charge is 2.54. The molecule has 2 aliphatic heterocycles. The van der Waals surface area contributed by atoms with Crippen LogP contribution in [-0.4, -0.2) is 258 Å². The quantitative estimate of drug-likeness (QED) is 0.0224.